The van der Waals surface area contributed by atoms with E-state index in [9.17, 15) is 4.79 Å². The Hall–Kier alpha value is -1.82. The minimum absolute atomic E-state index is 0.216. The molecule has 0 amide bonds. The average Bonchev–Trinajstić information content (AvgIpc) is 2.28. The molecule has 0 spiro atoms. The summed E-state index contributed by atoms with van der Waals surface area (Å²) in [5, 5.41) is 0. The second-order valence-corrected chi connectivity index (χ2v) is 3.81. The molecule has 0 saturated heterocycles. The molecule has 0 atom stereocenters. The smallest absolute Gasteiger partial charge is 0.268 e. The van der Waals surface area contributed by atoms with Gasteiger partial charge in [0.2, 0.25) is 5.88 Å². The molecule has 5 nitrogen and oxygen atoms in total. The molecule has 0 fully saturated rings. The van der Waals surface area contributed by atoms with Crippen molar-refractivity contribution in [2.75, 3.05) is 5.73 Å². The summed E-state index contributed by atoms with van der Waals surface area (Å²) in [6, 6.07) is 6.81. The Bertz CT molecular complexity index is 551. The van der Waals surface area contributed by atoms with E-state index in [0.29, 0.717) is 11.4 Å². The third-order valence-corrected chi connectivity index (χ3v) is 2.56. The number of nitrogens with two attached hydrogens (primary N) is 1. The van der Waals surface area contributed by atoms with Crippen LogP contribution < -0.4 is 16.0 Å². The SMILES string of the molecule is Nc1ccc(Oc2nc[nH]c(=O)c2Br)cc1. The van der Waals surface area contributed by atoms with Crippen LogP contribution in [0.2, 0.25) is 0 Å². The molecule has 1 aromatic heterocycles. The lowest BCUT2D eigenvalue weighted by Gasteiger charge is -2.05. The number of nitrogen functional groups attached to an aromatic ring is 1. The maximum absolute atomic E-state index is 11.2. The molecule has 2 rings (SSSR count). The summed E-state index contributed by atoms with van der Waals surface area (Å²) in [6.45, 7) is 0. The lowest BCUT2D eigenvalue weighted by molar-refractivity contribution is 0.457. The first-order valence-corrected chi connectivity index (χ1v) is 5.22. The van der Waals surface area contributed by atoms with Crippen molar-refractivity contribution >= 4 is 21.6 Å². The fourth-order valence-corrected chi connectivity index (χ4v) is 1.38. The number of hydrogen-bond donors (Lipinski definition) is 2. The molecule has 0 bridgehead atoms. The predicted molar refractivity (Wildman–Crippen MR) is 63.5 cm³/mol. The van der Waals surface area contributed by atoms with Crippen LogP contribution in [0.4, 0.5) is 5.69 Å². The number of rotatable bonds is 2. The molecule has 0 aliphatic heterocycles. The molecule has 1 aromatic carbocycles. The van der Waals surface area contributed by atoms with E-state index in [-0.39, 0.29) is 15.9 Å². The van der Waals surface area contributed by atoms with Crippen LogP contribution in [0.15, 0.2) is 39.9 Å². The molecule has 6 heteroatoms. The van der Waals surface area contributed by atoms with E-state index in [1.807, 2.05) is 0 Å². The van der Waals surface area contributed by atoms with Crippen LogP contribution in [0.3, 0.4) is 0 Å². The van der Waals surface area contributed by atoms with Gasteiger partial charge in [0, 0.05) is 5.69 Å². The number of benzene rings is 1. The van der Waals surface area contributed by atoms with Gasteiger partial charge in [-0.1, -0.05) is 0 Å². The topological polar surface area (TPSA) is 81.0 Å². The van der Waals surface area contributed by atoms with Gasteiger partial charge in [-0.2, -0.15) is 0 Å². The maximum Gasteiger partial charge on any atom is 0.268 e. The zero-order chi connectivity index (χ0) is 11.5. The van der Waals surface area contributed by atoms with Crippen molar-refractivity contribution in [2.45, 2.75) is 0 Å². The van der Waals surface area contributed by atoms with Crippen molar-refractivity contribution in [1.82, 2.24) is 9.97 Å². The van der Waals surface area contributed by atoms with E-state index in [4.69, 9.17) is 10.5 Å². The van der Waals surface area contributed by atoms with Crippen LogP contribution in [0, 0.1) is 0 Å². The van der Waals surface area contributed by atoms with Gasteiger partial charge in [-0.25, -0.2) is 4.98 Å². The number of nitrogens with one attached hydrogen (secondary N) is 1. The second-order valence-electron chi connectivity index (χ2n) is 3.02. The summed E-state index contributed by atoms with van der Waals surface area (Å²) in [5.74, 6) is 0.779. The highest BCUT2D eigenvalue weighted by Gasteiger charge is 2.07. The van der Waals surface area contributed by atoms with E-state index in [1.54, 1.807) is 24.3 Å². The van der Waals surface area contributed by atoms with Crippen LogP contribution in [0.1, 0.15) is 0 Å². The van der Waals surface area contributed by atoms with Crippen molar-refractivity contribution in [3.8, 4) is 11.6 Å². The number of aromatic amines is 1. The molecule has 0 unspecified atom stereocenters. The van der Waals surface area contributed by atoms with E-state index in [1.165, 1.54) is 6.33 Å². The molecule has 1 heterocycles. The number of ether oxygens (including phenoxy) is 1. The number of halogens is 1. The van der Waals surface area contributed by atoms with E-state index >= 15 is 0 Å². The zero-order valence-corrected chi connectivity index (χ0v) is 9.69. The Morgan fingerprint density at radius 1 is 1.31 bits per heavy atom. The molecule has 0 saturated carbocycles. The van der Waals surface area contributed by atoms with Gasteiger partial charge >= 0.3 is 0 Å². The van der Waals surface area contributed by atoms with Gasteiger partial charge in [-0.05, 0) is 40.2 Å². The highest BCUT2D eigenvalue weighted by molar-refractivity contribution is 9.10. The molecular formula is C10H8BrN3O2. The lowest BCUT2D eigenvalue weighted by atomic mass is 10.3. The Morgan fingerprint density at radius 2 is 2.00 bits per heavy atom. The second kappa shape index (κ2) is 4.36. The third-order valence-electron chi connectivity index (χ3n) is 1.86. The molecule has 0 aliphatic rings. The van der Waals surface area contributed by atoms with Crippen LogP contribution in [0.5, 0.6) is 11.6 Å². The Labute approximate surface area is 99.4 Å². The summed E-state index contributed by atoms with van der Waals surface area (Å²) < 4.78 is 5.67. The summed E-state index contributed by atoms with van der Waals surface area (Å²) in [5.41, 5.74) is 5.89. The van der Waals surface area contributed by atoms with Crippen LogP contribution >= 0.6 is 15.9 Å². The Kier molecular flexibility index (Phi) is 2.91. The Balaban J connectivity index is 2.30. The van der Waals surface area contributed by atoms with E-state index in [0.717, 1.165) is 0 Å². The first-order valence-electron chi connectivity index (χ1n) is 4.43. The fraction of sp³-hybridized carbons (Fsp3) is 0. The number of H-pyrrole nitrogens is 1. The first kappa shape index (κ1) is 10.7. The monoisotopic (exact) mass is 281 g/mol. The van der Waals surface area contributed by atoms with Gasteiger partial charge < -0.3 is 15.5 Å². The van der Waals surface area contributed by atoms with Gasteiger partial charge in [-0.3, -0.25) is 4.79 Å². The highest BCUT2D eigenvalue weighted by atomic mass is 79.9. The van der Waals surface area contributed by atoms with Crippen molar-refractivity contribution in [3.05, 3.63) is 45.4 Å². The average molecular weight is 282 g/mol. The summed E-state index contributed by atoms with van der Waals surface area (Å²) >= 11 is 3.10. The molecule has 0 radical (unpaired) electrons. The minimum atomic E-state index is -0.291. The summed E-state index contributed by atoms with van der Waals surface area (Å²) in [6.07, 6.45) is 1.28. The van der Waals surface area contributed by atoms with Crippen molar-refractivity contribution in [1.29, 1.82) is 0 Å². The molecule has 0 aliphatic carbocycles. The quantitative estimate of drug-likeness (QED) is 0.824. The minimum Gasteiger partial charge on any atom is -0.438 e. The standard InChI is InChI=1S/C10H8BrN3O2/c11-8-9(15)13-5-14-10(8)16-7-3-1-6(12)2-4-7/h1-5H,12H2,(H,13,14,15). The van der Waals surface area contributed by atoms with Crippen molar-refractivity contribution in [3.63, 3.8) is 0 Å². The highest BCUT2D eigenvalue weighted by Crippen LogP contribution is 2.24. The van der Waals surface area contributed by atoms with E-state index < -0.39 is 0 Å². The molecule has 82 valence electrons. The summed E-state index contributed by atoms with van der Waals surface area (Å²) in [7, 11) is 0. The lowest BCUT2D eigenvalue weighted by Crippen LogP contribution is -2.08. The summed E-state index contributed by atoms with van der Waals surface area (Å²) in [4.78, 5) is 17.6. The molecule has 16 heavy (non-hydrogen) atoms. The van der Waals surface area contributed by atoms with Crippen LogP contribution in [0.25, 0.3) is 0 Å². The number of anilines is 1. The normalized spacial score (nSPS) is 10.1. The van der Waals surface area contributed by atoms with Crippen LogP contribution in [-0.4, -0.2) is 9.97 Å². The molecule has 2 aromatic rings. The van der Waals surface area contributed by atoms with Crippen molar-refractivity contribution < 1.29 is 4.74 Å². The fourth-order valence-electron chi connectivity index (χ4n) is 1.09. The number of nitrogens with zero attached hydrogens (tertiary/aromatic N) is 1. The van der Waals surface area contributed by atoms with Gasteiger partial charge in [0.1, 0.15) is 10.2 Å². The molecular weight excluding hydrogens is 274 g/mol. The van der Waals surface area contributed by atoms with Crippen LogP contribution in [-0.2, 0) is 0 Å². The van der Waals surface area contributed by atoms with Gasteiger partial charge in [0.05, 0.1) is 6.33 Å². The van der Waals surface area contributed by atoms with Gasteiger partial charge in [0.15, 0.2) is 0 Å². The van der Waals surface area contributed by atoms with E-state index in [2.05, 4.69) is 25.9 Å². The predicted octanol–water partition coefficient (Wildman–Crippen LogP) is 1.91. The number of aromatic nitrogens is 2. The maximum atomic E-state index is 11.2. The first-order chi connectivity index (χ1) is 7.66. The molecule has 3 N–H and O–H groups in total. The zero-order valence-electron chi connectivity index (χ0n) is 8.11. The van der Waals surface area contributed by atoms with Gasteiger partial charge in [-0.15, -0.1) is 0 Å². The van der Waals surface area contributed by atoms with Crippen molar-refractivity contribution in [2.24, 2.45) is 0 Å². The number of hydrogen-bond acceptors (Lipinski definition) is 4. The third kappa shape index (κ3) is 2.22. The van der Waals surface area contributed by atoms with Gasteiger partial charge in [0.25, 0.3) is 5.56 Å². The Morgan fingerprint density at radius 3 is 2.69 bits per heavy atom. The largest absolute Gasteiger partial charge is 0.438 e.